The van der Waals surface area contributed by atoms with E-state index in [0.29, 0.717) is 31.9 Å². The van der Waals surface area contributed by atoms with Crippen molar-refractivity contribution < 1.29 is 14.3 Å². The summed E-state index contributed by atoms with van der Waals surface area (Å²) in [6.45, 7) is 3.31. The zero-order chi connectivity index (χ0) is 19.8. The van der Waals surface area contributed by atoms with Crippen LogP contribution in [-0.4, -0.2) is 43.5 Å². The van der Waals surface area contributed by atoms with Crippen molar-refractivity contribution in [2.45, 2.75) is 26.0 Å². The van der Waals surface area contributed by atoms with E-state index in [1.54, 1.807) is 7.05 Å². The molecule has 0 aromatic heterocycles. The van der Waals surface area contributed by atoms with Crippen LogP contribution in [0, 0.1) is 0 Å². The van der Waals surface area contributed by atoms with E-state index in [1.165, 1.54) is 16.0 Å². The molecule has 6 heteroatoms. The van der Waals surface area contributed by atoms with Crippen molar-refractivity contribution in [3.05, 3.63) is 65.2 Å². The van der Waals surface area contributed by atoms with Crippen LogP contribution in [0.4, 0.5) is 5.69 Å². The summed E-state index contributed by atoms with van der Waals surface area (Å²) in [5.41, 5.74) is 4.23. The Bertz CT molecular complexity index is 808. The topological polar surface area (TPSA) is 70.7 Å². The summed E-state index contributed by atoms with van der Waals surface area (Å²) in [6, 6.07) is 15.7. The number of rotatable bonds is 7. The number of carbonyl (C=O) groups excluding carboxylic acids is 2. The van der Waals surface area contributed by atoms with Crippen LogP contribution in [0.25, 0.3) is 0 Å². The Balaban J connectivity index is 1.39. The molecule has 0 radical (unpaired) electrons. The van der Waals surface area contributed by atoms with Crippen molar-refractivity contribution in [1.82, 2.24) is 10.2 Å². The highest BCUT2D eigenvalue weighted by atomic mass is 16.5. The van der Waals surface area contributed by atoms with Crippen molar-refractivity contribution in [3.8, 4) is 0 Å². The average molecular weight is 381 g/mol. The quantitative estimate of drug-likeness (QED) is 0.571. The number of amides is 2. The fourth-order valence-electron chi connectivity index (χ4n) is 3.19. The first-order valence-corrected chi connectivity index (χ1v) is 9.64. The van der Waals surface area contributed by atoms with Gasteiger partial charge in [-0.2, -0.15) is 0 Å². The third-order valence-corrected chi connectivity index (χ3v) is 4.79. The third kappa shape index (κ3) is 5.65. The van der Waals surface area contributed by atoms with Crippen molar-refractivity contribution in [2.24, 2.45) is 0 Å². The van der Waals surface area contributed by atoms with Crippen LogP contribution < -0.4 is 10.6 Å². The molecule has 1 heterocycles. The van der Waals surface area contributed by atoms with Gasteiger partial charge in [0.05, 0.1) is 6.61 Å². The van der Waals surface area contributed by atoms with E-state index in [4.69, 9.17) is 4.74 Å². The number of anilines is 1. The zero-order valence-electron chi connectivity index (χ0n) is 16.2. The Morgan fingerprint density at radius 2 is 1.96 bits per heavy atom. The van der Waals surface area contributed by atoms with Crippen LogP contribution in [0.15, 0.2) is 48.5 Å². The number of likely N-dealkylation sites (N-methyl/N-ethyl adjacent to an activating group) is 1. The van der Waals surface area contributed by atoms with Gasteiger partial charge in [0.25, 0.3) is 0 Å². The van der Waals surface area contributed by atoms with Crippen molar-refractivity contribution in [1.29, 1.82) is 0 Å². The molecule has 3 rings (SSSR count). The molecule has 2 aromatic rings. The highest BCUT2D eigenvalue weighted by molar-refractivity contribution is 6.39. The molecule has 148 valence electrons. The van der Waals surface area contributed by atoms with Crippen LogP contribution in [0.5, 0.6) is 0 Å². The average Bonchev–Trinajstić information content (AvgIpc) is 2.73. The normalized spacial score (nSPS) is 12.9. The van der Waals surface area contributed by atoms with Gasteiger partial charge in [-0.1, -0.05) is 36.4 Å². The largest absolute Gasteiger partial charge is 0.377 e. The van der Waals surface area contributed by atoms with Crippen LogP contribution in [0.2, 0.25) is 0 Å². The summed E-state index contributed by atoms with van der Waals surface area (Å²) in [6.07, 6.45) is 1.66. The fourth-order valence-corrected chi connectivity index (χ4v) is 3.19. The molecule has 0 unspecified atom stereocenters. The van der Waals surface area contributed by atoms with Gasteiger partial charge in [-0.3, -0.25) is 9.59 Å². The molecule has 2 amide bonds. The molecule has 0 bridgehead atoms. The predicted octanol–water partition coefficient (Wildman–Crippen LogP) is 2.34. The first-order chi connectivity index (χ1) is 13.6. The van der Waals surface area contributed by atoms with Crippen LogP contribution in [0.1, 0.15) is 23.1 Å². The lowest BCUT2D eigenvalue weighted by atomic mass is 10.0. The second-order valence-electron chi connectivity index (χ2n) is 6.98. The fraction of sp³-hybridized carbons (Fsp3) is 0.364. The highest BCUT2D eigenvalue weighted by Crippen LogP contribution is 2.19. The number of ether oxygens (including phenoxy) is 1. The zero-order valence-corrected chi connectivity index (χ0v) is 16.2. The molecule has 0 aliphatic carbocycles. The lowest BCUT2D eigenvalue weighted by Gasteiger charge is -2.19. The van der Waals surface area contributed by atoms with E-state index in [1.807, 2.05) is 48.5 Å². The van der Waals surface area contributed by atoms with E-state index >= 15 is 0 Å². The number of hydrogen-bond acceptors (Lipinski definition) is 4. The molecule has 2 aromatic carbocycles. The molecule has 6 nitrogen and oxygen atoms in total. The molecule has 28 heavy (non-hydrogen) atoms. The number of carbonyl (C=O) groups is 2. The summed E-state index contributed by atoms with van der Waals surface area (Å²) in [5.74, 6) is -1.16. The molecule has 2 N–H and O–H groups in total. The minimum Gasteiger partial charge on any atom is -0.377 e. The Morgan fingerprint density at radius 1 is 1.14 bits per heavy atom. The lowest BCUT2D eigenvalue weighted by molar-refractivity contribution is -0.142. The Hall–Kier alpha value is -2.70. The minimum absolute atomic E-state index is 0.467. The van der Waals surface area contributed by atoms with E-state index in [2.05, 4.69) is 10.6 Å². The summed E-state index contributed by atoms with van der Waals surface area (Å²) < 4.78 is 5.61. The van der Waals surface area contributed by atoms with Gasteiger partial charge < -0.3 is 20.3 Å². The molecule has 0 fully saturated rings. The first kappa shape index (κ1) is 20.0. The van der Waals surface area contributed by atoms with E-state index in [-0.39, 0.29) is 0 Å². The third-order valence-electron chi connectivity index (χ3n) is 4.79. The number of fused-ring (bicyclic) bond motifs is 1. The summed E-state index contributed by atoms with van der Waals surface area (Å²) >= 11 is 0. The van der Waals surface area contributed by atoms with Gasteiger partial charge in [0.15, 0.2) is 0 Å². The SMILES string of the molecule is CN(CCCOCc1ccccc1)C(=O)C(=O)Nc1ccc2c(c1)CNCC2. The number of hydrogen-bond donors (Lipinski definition) is 2. The van der Waals surface area contributed by atoms with Gasteiger partial charge in [-0.25, -0.2) is 0 Å². The minimum atomic E-state index is -0.614. The van der Waals surface area contributed by atoms with Crippen molar-refractivity contribution >= 4 is 17.5 Å². The van der Waals surface area contributed by atoms with Crippen LogP contribution in [0.3, 0.4) is 0 Å². The standard InChI is InChI=1S/C22H27N3O3/c1-25(12-5-13-28-16-17-6-3-2-4-7-17)22(27)21(26)24-20-9-8-18-10-11-23-15-19(18)14-20/h2-4,6-9,14,23H,5,10-13,15-16H2,1H3,(H,24,26). The second-order valence-corrected chi connectivity index (χ2v) is 6.98. The monoisotopic (exact) mass is 381 g/mol. The number of nitrogens with one attached hydrogen (secondary N) is 2. The molecule has 0 saturated carbocycles. The van der Waals surface area contributed by atoms with Crippen LogP contribution >= 0.6 is 0 Å². The summed E-state index contributed by atoms with van der Waals surface area (Å²) in [5, 5.41) is 6.01. The maximum Gasteiger partial charge on any atom is 0.313 e. The highest BCUT2D eigenvalue weighted by Gasteiger charge is 2.19. The summed E-state index contributed by atoms with van der Waals surface area (Å²) in [4.78, 5) is 26.0. The van der Waals surface area contributed by atoms with Gasteiger partial charge in [0.1, 0.15) is 0 Å². The Labute approximate surface area is 165 Å². The molecule has 0 saturated heterocycles. The maximum absolute atomic E-state index is 12.3. The van der Waals surface area contributed by atoms with Gasteiger partial charge >= 0.3 is 11.8 Å². The van der Waals surface area contributed by atoms with Crippen molar-refractivity contribution in [3.63, 3.8) is 0 Å². The molecule has 0 atom stereocenters. The Kier molecular flexibility index (Phi) is 7.17. The second kappa shape index (κ2) is 10.0. The van der Waals surface area contributed by atoms with Gasteiger partial charge in [0.2, 0.25) is 0 Å². The first-order valence-electron chi connectivity index (χ1n) is 9.64. The Morgan fingerprint density at radius 3 is 2.79 bits per heavy atom. The molecular formula is C22H27N3O3. The maximum atomic E-state index is 12.3. The van der Waals surface area contributed by atoms with Gasteiger partial charge in [-0.15, -0.1) is 0 Å². The summed E-state index contributed by atoms with van der Waals surface area (Å²) in [7, 11) is 1.63. The van der Waals surface area contributed by atoms with Gasteiger partial charge in [-0.05, 0) is 48.2 Å². The van der Waals surface area contributed by atoms with Crippen molar-refractivity contribution in [2.75, 3.05) is 32.1 Å². The molecular weight excluding hydrogens is 354 g/mol. The van der Waals surface area contributed by atoms with E-state index < -0.39 is 11.8 Å². The van der Waals surface area contributed by atoms with E-state index in [9.17, 15) is 9.59 Å². The van der Waals surface area contributed by atoms with Crippen LogP contribution in [-0.2, 0) is 33.9 Å². The predicted molar refractivity (Wildman–Crippen MR) is 109 cm³/mol. The molecule has 0 spiro atoms. The number of nitrogens with zero attached hydrogens (tertiary/aromatic N) is 1. The molecule has 1 aliphatic heterocycles. The molecule has 1 aliphatic rings. The van der Waals surface area contributed by atoms with E-state index in [0.717, 1.165) is 25.1 Å². The van der Waals surface area contributed by atoms with Gasteiger partial charge in [0, 0.05) is 32.4 Å². The smallest absolute Gasteiger partial charge is 0.313 e. The lowest BCUT2D eigenvalue weighted by Crippen LogP contribution is -2.38. The number of benzene rings is 2.